The molecule has 2 aromatic heterocycles. The van der Waals surface area contributed by atoms with Gasteiger partial charge in [0.25, 0.3) is 11.5 Å². The summed E-state index contributed by atoms with van der Waals surface area (Å²) in [5.74, 6) is 1.72. The highest BCUT2D eigenvalue weighted by molar-refractivity contribution is 5.94. The molecule has 0 aromatic carbocycles. The highest BCUT2D eigenvalue weighted by Crippen LogP contribution is 2.17. The van der Waals surface area contributed by atoms with Crippen LogP contribution in [-0.4, -0.2) is 47.0 Å². The molecule has 0 bridgehead atoms. The lowest BCUT2D eigenvalue weighted by atomic mass is 10.1. The average Bonchev–Trinajstić information content (AvgIpc) is 3.12. The highest BCUT2D eigenvalue weighted by Gasteiger charge is 2.23. The van der Waals surface area contributed by atoms with Gasteiger partial charge in [-0.1, -0.05) is 19.9 Å². The predicted octanol–water partition coefficient (Wildman–Crippen LogP) is 2.09. The molecular formula is C21H29N5O2. The van der Waals surface area contributed by atoms with Crippen molar-refractivity contribution < 1.29 is 4.79 Å². The number of anilines is 1. The summed E-state index contributed by atoms with van der Waals surface area (Å²) in [5.41, 5.74) is 1.05. The van der Waals surface area contributed by atoms with Crippen LogP contribution in [0.4, 0.5) is 5.82 Å². The van der Waals surface area contributed by atoms with E-state index >= 15 is 0 Å². The fraction of sp³-hybridized carbons (Fsp3) is 0.476. The number of hydrogen-bond donors (Lipinski definition) is 3. The molecule has 1 atom stereocenters. The molecule has 1 aliphatic rings. The van der Waals surface area contributed by atoms with Gasteiger partial charge in [0, 0.05) is 44.1 Å². The van der Waals surface area contributed by atoms with Crippen LogP contribution in [0.5, 0.6) is 0 Å². The number of aromatic nitrogens is 2. The van der Waals surface area contributed by atoms with Crippen molar-refractivity contribution in [2.24, 2.45) is 11.8 Å². The number of carbonyl (C=O) groups excluding carboxylic acids is 1. The van der Waals surface area contributed by atoms with Crippen molar-refractivity contribution >= 4 is 11.7 Å². The molecule has 2 aromatic rings. The zero-order valence-electron chi connectivity index (χ0n) is 16.6. The van der Waals surface area contributed by atoms with Gasteiger partial charge in [0.05, 0.1) is 5.56 Å². The smallest absolute Gasteiger partial charge is 0.252 e. The molecule has 1 fully saturated rings. The lowest BCUT2D eigenvalue weighted by molar-refractivity contribution is 0.0947. The molecular weight excluding hydrogens is 354 g/mol. The molecule has 7 heteroatoms. The molecule has 0 saturated carbocycles. The van der Waals surface area contributed by atoms with Gasteiger partial charge in [-0.25, -0.2) is 4.98 Å². The highest BCUT2D eigenvalue weighted by atomic mass is 16.1. The van der Waals surface area contributed by atoms with E-state index in [2.05, 4.69) is 39.3 Å². The minimum absolute atomic E-state index is 0.0964. The van der Waals surface area contributed by atoms with Crippen LogP contribution in [0, 0.1) is 11.8 Å². The largest absolute Gasteiger partial charge is 0.366 e. The molecule has 0 aliphatic carbocycles. The number of amides is 1. The van der Waals surface area contributed by atoms with E-state index in [-0.39, 0.29) is 11.5 Å². The van der Waals surface area contributed by atoms with Crippen molar-refractivity contribution in [3.05, 3.63) is 58.1 Å². The van der Waals surface area contributed by atoms with Crippen LogP contribution in [-0.2, 0) is 6.54 Å². The summed E-state index contributed by atoms with van der Waals surface area (Å²) in [6.45, 7) is 8.84. The number of hydrogen-bond acceptors (Lipinski definition) is 5. The van der Waals surface area contributed by atoms with E-state index < -0.39 is 0 Å². The second kappa shape index (κ2) is 9.50. The maximum absolute atomic E-state index is 12.4. The van der Waals surface area contributed by atoms with Crippen molar-refractivity contribution in [2.45, 2.75) is 26.8 Å². The summed E-state index contributed by atoms with van der Waals surface area (Å²) in [6.07, 6.45) is 4.30. The minimum Gasteiger partial charge on any atom is -0.366 e. The molecule has 1 saturated heterocycles. The van der Waals surface area contributed by atoms with E-state index in [0.29, 0.717) is 41.9 Å². The normalized spacial score (nSPS) is 17.0. The summed E-state index contributed by atoms with van der Waals surface area (Å²) >= 11 is 0. The third-order valence-electron chi connectivity index (χ3n) is 4.93. The molecule has 150 valence electrons. The molecule has 3 heterocycles. The van der Waals surface area contributed by atoms with Crippen molar-refractivity contribution in [1.82, 2.24) is 20.2 Å². The van der Waals surface area contributed by atoms with Crippen molar-refractivity contribution in [1.29, 1.82) is 0 Å². The SMILES string of the molecule is CC(C)CN1CCC(CNC(=O)c2ccc(NCc3ccc[nH]c3=O)nc2)C1. The monoisotopic (exact) mass is 383 g/mol. The Morgan fingerprint density at radius 3 is 2.93 bits per heavy atom. The second-order valence-electron chi connectivity index (χ2n) is 7.83. The summed E-state index contributed by atoms with van der Waals surface area (Å²) < 4.78 is 0. The number of nitrogens with one attached hydrogen (secondary N) is 3. The van der Waals surface area contributed by atoms with E-state index in [1.165, 1.54) is 0 Å². The van der Waals surface area contributed by atoms with Gasteiger partial charge < -0.3 is 20.5 Å². The molecule has 28 heavy (non-hydrogen) atoms. The Labute approximate surface area is 165 Å². The van der Waals surface area contributed by atoms with Crippen LogP contribution >= 0.6 is 0 Å². The standard InChI is InChI=1S/C21H29N5O2/c1-15(2)13-26-9-7-16(14-26)10-25-21(28)18-5-6-19(24-12-18)23-11-17-4-3-8-22-20(17)27/h3-6,8,12,15-16H,7,9-11,13-14H2,1-2H3,(H,22,27)(H,23,24)(H,25,28). The summed E-state index contributed by atoms with van der Waals surface area (Å²) in [4.78, 5) is 33.4. The first-order valence-electron chi connectivity index (χ1n) is 9.88. The molecule has 3 N–H and O–H groups in total. The van der Waals surface area contributed by atoms with Crippen LogP contribution in [0.15, 0.2) is 41.5 Å². The van der Waals surface area contributed by atoms with E-state index in [0.717, 1.165) is 26.1 Å². The van der Waals surface area contributed by atoms with Gasteiger partial charge in [-0.15, -0.1) is 0 Å². The number of nitrogens with zero attached hydrogens (tertiary/aromatic N) is 2. The summed E-state index contributed by atoms with van der Waals surface area (Å²) in [6, 6.07) is 7.05. The zero-order chi connectivity index (χ0) is 19.9. The zero-order valence-corrected chi connectivity index (χ0v) is 16.6. The van der Waals surface area contributed by atoms with Gasteiger partial charge in [-0.05, 0) is 43.0 Å². The first-order chi connectivity index (χ1) is 13.5. The summed E-state index contributed by atoms with van der Waals surface area (Å²) in [5, 5.41) is 6.12. The molecule has 0 spiro atoms. The Bertz CT molecular complexity index is 831. The molecule has 0 radical (unpaired) electrons. The number of H-pyrrole nitrogens is 1. The van der Waals surface area contributed by atoms with Crippen LogP contribution in [0.1, 0.15) is 36.2 Å². The van der Waals surface area contributed by atoms with Gasteiger partial charge in [0.2, 0.25) is 0 Å². The van der Waals surface area contributed by atoms with E-state index in [4.69, 9.17) is 0 Å². The molecule has 7 nitrogen and oxygen atoms in total. The molecule has 1 aliphatic heterocycles. The Hall–Kier alpha value is -2.67. The van der Waals surface area contributed by atoms with Crippen LogP contribution in [0.3, 0.4) is 0 Å². The van der Waals surface area contributed by atoms with Crippen LogP contribution in [0.2, 0.25) is 0 Å². The van der Waals surface area contributed by atoms with Gasteiger partial charge in [-0.3, -0.25) is 9.59 Å². The number of rotatable bonds is 8. The topological polar surface area (TPSA) is 90.1 Å². The van der Waals surface area contributed by atoms with Crippen LogP contribution < -0.4 is 16.2 Å². The fourth-order valence-corrected chi connectivity index (χ4v) is 3.51. The van der Waals surface area contributed by atoms with E-state index in [9.17, 15) is 9.59 Å². The number of likely N-dealkylation sites (tertiary alicyclic amines) is 1. The Morgan fingerprint density at radius 2 is 2.21 bits per heavy atom. The van der Waals surface area contributed by atoms with Crippen molar-refractivity contribution in [3.63, 3.8) is 0 Å². The first-order valence-corrected chi connectivity index (χ1v) is 9.88. The third kappa shape index (κ3) is 5.66. The maximum Gasteiger partial charge on any atom is 0.252 e. The van der Waals surface area contributed by atoms with Gasteiger partial charge in [0.15, 0.2) is 0 Å². The number of pyridine rings is 2. The molecule has 1 unspecified atom stereocenters. The quantitative estimate of drug-likeness (QED) is 0.649. The van der Waals surface area contributed by atoms with Gasteiger partial charge >= 0.3 is 0 Å². The Morgan fingerprint density at radius 1 is 1.36 bits per heavy atom. The van der Waals surface area contributed by atoms with Gasteiger partial charge in [0.1, 0.15) is 5.82 Å². The maximum atomic E-state index is 12.4. The lowest BCUT2D eigenvalue weighted by Crippen LogP contribution is -2.32. The van der Waals surface area contributed by atoms with Crippen molar-refractivity contribution in [3.8, 4) is 0 Å². The van der Waals surface area contributed by atoms with Crippen LogP contribution in [0.25, 0.3) is 0 Å². The lowest BCUT2D eigenvalue weighted by Gasteiger charge is -2.18. The van der Waals surface area contributed by atoms with Gasteiger partial charge in [-0.2, -0.15) is 0 Å². The fourth-order valence-electron chi connectivity index (χ4n) is 3.51. The summed E-state index contributed by atoms with van der Waals surface area (Å²) in [7, 11) is 0. The first kappa shape index (κ1) is 20.1. The van der Waals surface area contributed by atoms with E-state index in [1.54, 1.807) is 36.7 Å². The average molecular weight is 383 g/mol. The van der Waals surface area contributed by atoms with Crippen molar-refractivity contribution in [2.75, 3.05) is 31.5 Å². The number of carbonyl (C=O) groups is 1. The minimum atomic E-state index is -0.120. The predicted molar refractivity (Wildman–Crippen MR) is 110 cm³/mol. The number of aromatic amines is 1. The third-order valence-corrected chi connectivity index (χ3v) is 4.93. The molecule has 1 amide bonds. The Balaban J connectivity index is 1.45. The second-order valence-corrected chi connectivity index (χ2v) is 7.83. The van der Waals surface area contributed by atoms with E-state index in [1.807, 2.05) is 0 Å². The Kier molecular flexibility index (Phi) is 6.81. The molecule has 3 rings (SSSR count).